The number of carbonyl (C=O) groups excluding carboxylic acids is 1. The summed E-state index contributed by atoms with van der Waals surface area (Å²) in [7, 11) is 0. The SMILES string of the molecule is CC(CCCOC1CCCCO1)C(=O)Cc1ccccc1. The van der Waals surface area contributed by atoms with E-state index in [9.17, 15) is 4.79 Å². The molecule has 0 aromatic heterocycles. The molecule has 2 unspecified atom stereocenters. The van der Waals surface area contributed by atoms with Crippen LogP contribution in [-0.4, -0.2) is 25.3 Å². The van der Waals surface area contributed by atoms with E-state index in [-0.39, 0.29) is 12.2 Å². The van der Waals surface area contributed by atoms with Crippen molar-refractivity contribution < 1.29 is 14.3 Å². The maximum atomic E-state index is 12.1. The van der Waals surface area contributed by atoms with Crippen molar-refractivity contribution in [1.29, 1.82) is 0 Å². The summed E-state index contributed by atoms with van der Waals surface area (Å²) in [5.41, 5.74) is 1.10. The summed E-state index contributed by atoms with van der Waals surface area (Å²) >= 11 is 0. The smallest absolute Gasteiger partial charge is 0.157 e. The van der Waals surface area contributed by atoms with Gasteiger partial charge in [-0.1, -0.05) is 37.3 Å². The van der Waals surface area contributed by atoms with E-state index >= 15 is 0 Å². The third kappa shape index (κ3) is 5.98. The zero-order chi connectivity index (χ0) is 14.9. The second kappa shape index (κ2) is 8.96. The Hall–Kier alpha value is -1.19. The summed E-state index contributed by atoms with van der Waals surface area (Å²) in [6.45, 7) is 3.52. The molecule has 0 amide bonds. The third-order valence-electron chi connectivity index (χ3n) is 3.99. The van der Waals surface area contributed by atoms with Crippen LogP contribution in [0.5, 0.6) is 0 Å². The standard InChI is InChI=1S/C18H26O3/c1-15(17(19)14-16-9-3-2-4-10-16)8-7-13-21-18-11-5-6-12-20-18/h2-4,9-10,15,18H,5-8,11-14H2,1H3. The lowest BCUT2D eigenvalue weighted by Gasteiger charge is -2.22. The van der Waals surface area contributed by atoms with Crippen LogP contribution in [0.3, 0.4) is 0 Å². The fourth-order valence-electron chi connectivity index (χ4n) is 2.58. The van der Waals surface area contributed by atoms with Gasteiger partial charge in [0.25, 0.3) is 0 Å². The Morgan fingerprint density at radius 2 is 2.14 bits per heavy atom. The molecule has 0 radical (unpaired) electrons. The van der Waals surface area contributed by atoms with Crippen LogP contribution in [0, 0.1) is 5.92 Å². The minimum atomic E-state index is -0.0194. The van der Waals surface area contributed by atoms with Crippen LogP contribution in [0.2, 0.25) is 0 Å². The van der Waals surface area contributed by atoms with Gasteiger partial charge in [0.05, 0.1) is 0 Å². The van der Waals surface area contributed by atoms with Gasteiger partial charge in [0.1, 0.15) is 5.78 Å². The van der Waals surface area contributed by atoms with Gasteiger partial charge in [-0.05, 0) is 37.7 Å². The number of hydrogen-bond acceptors (Lipinski definition) is 3. The van der Waals surface area contributed by atoms with E-state index in [0.717, 1.165) is 37.9 Å². The topological polar surface area (TPSA) is 35.5 Å². The number of Topliss-reactive ketones (excluding diaryl/α,β-unsaturated/α-hetero) is 1. The molecule has 1 aromatic carbocycles. The van der Waals surface area contributed by atoms with Crippen LogP contribution in [0.25, 0.3) is 0 Å². The van der Waals surface area contributed by atoms with Crippen molar-refractivity contribution in [3.8, 4) is 0 Å². The molecule has 1 aromatic rings. The van der Waals surface area contributed by atoms with Crippen LogP contribution in [-0.2, 0) is 20.7 Å². The van der Waals surface area contributed by atoms with Crippen LogP contribution >= 0.6 is 0 Å². The first-order valence-corrected chi connectivity index (χ1v) is 8.05. The summed E-state index contributed by atoms with van der Waals surface area (Å²) in [4.78, 5) is 12.1. The van der Waals surface area contributed by atoms with Gasteiger partial charge in [0.2, 0.25) is 0 Å². The number of hydrogen-bond donors (Lipinski definition) is 0. The average molecular weight is 290 g/mol. The molecule has 0 spiro atoms. The molecule has 0 bridgehead atoms. The lowest BCUT2D eigenvalue weighted by molar-refractivity contribution is -0.163. The molecule has 3 nitrogen and oxygen atoms in total. The highest BCUT2D eigenvalue weighted by Crippen LogP contribution is 2.15. The maximum Gasteiger partial charge on any atom is 0.157 e. The molecule has 0 aliphatic carbocycles. The minimum absolute atomic E-state index is 0.0194. The highest BCUT2D eigenvalue weighted by atomic mass is 16.7. The number of carbonyl (C=O) groups is 1. The second-order valence-corrected chi connectivity index (χ2v) is 5.84. The maximum absolute atomic E-state index is 12.1. The Balaban J connectivity index is 1.60. The van der Waals surface area contributed by atoms with Gasteiger partial charge < -0.3 is 9.47 Å². The van der Waals surface area contributed by atoms with Crippen molar-refractivity contribution in [3.05, 3.63) is 35.9 Å². The molecule has 3 heteroatoms. The fraction of sp³-hybridized carbons (Fsp3) is 0.611. The molecule has 21 heavy (non-hydrogen) atoms. The molecule has 116 valence electrons. The van der Waals surface area contributed by atoms with E-state index in [1.807, 2.05) is 37.3 Å². The van der Waals surface area contributed by atoms with Crippen LogP contribution in [0.15, 0.2) is 30.3 Å². The largest absolute Gasteiger partial charge is 0.353 e. The molecule has 2 rings (SSSR count). The lowest BCUT2D eigenvalue weighted by atomic mass is 9.95. The normalized spacial score (nSPS) is 20.1. The monoisotopic (exact) mass is 290 g/mol. The van der Waals surface area contributed by atoms with Gasteiger partial charge in [0, 0.05) is 25.6 Å². The predicted molar refractivity (Wildman–Crippen MR) is 83.1 cm³/mol. The van der Waals surface area contributed by atoms with E-state index in [2.05, 4.69) is 0 Å². The lowest BCUT2D eigenvalue weighted by Crippen LogP contribution is -2.23. The first-order chi connectivity index (χ1) is 10.3. The molecule has 1 aliphatic heterocycles. The Labute approximate surface area is 127 Å². The Morgan fingerprint density at radius 1 is 1.33 bits per heavy atom. The number of ether oxygens (including phenoxy) is 2. The summed E-state index contributed by atoms with van der Waals surface area (Å²) in [6, 6.07) is 9.95. The quantitative estimate of drug-likeness (QED) is 0.684. The number of rotatable bonds is 8. The van der Waals surface area contributed by atoms with Gasteiger partial charge in [-0.25, -0.2) is 0 Å². The third-order valence-corrected chi connectivity index (χ3v) is 3.99. The highest BCUT2D eigenvalue weighted by Gasteiger charge is 2.15. The van der Waals surface area contributed by atoms with Gasteiger partial charge in [0.15, 0.2) is 6.29 Å². The number of benzene rings is 1. The van der Waals surface area contributed by atoms with Crippen molar-refractivity contribution in [2.75, 3.05) is 13.2 Å². The van der Waals surface area contributed by atoms with E-state index in [4.69, 9.17) is 9.47 Å². The highest BCUT2D eigenvalue weighted by molar-refractivity contribution is 5.82. The minimum Gasteiger partial charge on any atom is -0.353 e. The van der Waals surface area contributed by atoms with E-state index < -0.39 is 0 Å². The first-order valence-electron chi connectivity index (χ1n) is 8.05. The molecule has 1 heterocycles. The van der Waals surface area contributed by atoms with E-state index in [1.54, 1.807) is 0 Å². The fourth-order valence-corrected chi connectivity index (χ4v) is 2.58. The summed E-state index contributed by atoms with van der Waals surface area (Å²) in [6.07, 6.45) is 5.66. The molecule has 1 fully saturated rings. The molecule has 1 aliphatic rings. The van der Waals surface area contributed by atoms with Gasteiger partial charge in [-0.3, -0.25) is 4.79 Å². The first kappa shape index (κ1) is 16.2. The van der Waals surface area contributed by atoms with Gasteiger partial charge in [-0.2, -0.15) is 0 Å². The van der Waals surface area contributed by atoms with Crippen molar-refractivity contribution in [3.63, 3.8) is 0 Å². The van der Waals surface area contributed by atoms with Crippen LogP contribution < -0.4 is 0 Å². The Bertz CT molecular complexity index is 410. The average Bonchev–Trinajstić information content (AvgIpc) is 2.53. The predicted octanol–water partition coefficient (Wildman–Crippen LogP) is 3.76. The zero-order valence-electron chi connectivity index (χ0n) is 12.9. The summed E-state index contributed by atoms with van der Waals surface area (Å²) < 4.78 is 11.2. The molecule has 2 atom stereocenters. The van der Waals surface area contributed by atoms with Crippen LogP contribution in [0.1, 0.15) is 44.6 Å². The molecule has 0 saturated carbocycles. The van der Waals surface area contributed by atoms with Crippen molar-refractivity contribution >= 4 is 5.78 Å². The molecule has 0 N–H and O–H groups in total. The van der Waals surface area contributed by atoms with E-state index in [0.29, 0.717) is 18.8 Å². The Kier molecular flexibility index (Phi) is 6.90. The number of ketones is 1. The molecular weight excluding hydrogens is 264 g/mol. The van der Waals surface area contributed by atoms with Crippen LogP contribution in [0.4, 0.5) is 0 Å². The summed E-state index contributed by atoms with van der Waals surface area (Å²) in [5, 5.41) is 0. The summed E-state index contributed by atoms with van der Waals surface area (Å²) in [5.74, 6) is 0.413. The van der Waals surface area contributed by atoms with Crippen molar-refractivity contribution in [1.82, 2.24) is 0 Å². The Morgan fingerprint density at radius 3 is 2.86 bits per heavy atom. The van der Waals surface area contributed by atoms with Crippen molar-refractivity contribution in [2.45, 2.75) is 51.7 Å². The molecular formula is C18H26O3. The molecule has 1 saturated heterocycles. The zero-order valence-corrected chi connectivity index (χ0v) is 12.9. The van der Waals surface area contributed by atoms with Gasteiger partial charge >= 0.3 is 0 Å². The second-order valence-electron chi connectivity index (χ2n) is 5.84. The van der Waals surface area contributed by atoms with Crippen molar-refractivity contribution in [2.24, 2.45) is 5.92 Å². The van der Waals surface area contributed by atoms with Gasteiger partial charge in [-0.15, -0.1) is 0 Å². The van der Waals surface area contributed by atoms with E-state index in [1.165, 1.54) is 6.42 Å².